The number of morpholine rings is 1. The van der Waals surface area contributed by atoms with Crippen molar-refractivity contribution in [3.8, 4) is 5.75 Å². The lowest BCUT2D eigenvalue weighted by Gasteiger charge is -2.26. The first-order valence-electron chi connectivity index (χ1n) is 11.9. The van der Waals surface area contributed by atoms with Crippen molar-refractivity contribution in [1.82, 2.24) is 9.80 Å². The Labute approximate surface area is 208 Å². The van der Waals surface area contributed by atoms with Gasteiger partial charge in [0.15, 0.2) is 0 Å². The number of esters is 1. The summed E-state index contributed by atoms with van der Waals surface area (Å²) in [5.41, 5.74) is 7.84. The predicted molar refractivity (Wildman–Crippen MR) is 127 cm³/mol. The molecular weight excluding hydrogens is 469 g/mol. The number of nitrogens with zero attached hydrogens (tertiary/aromatic N) is 2. The quantitative estimate of drug-likeness (QED) is 0.498. The molecule has 192 valence electrons. The number of primary amides is 1. The minimum atomic E-state index is -0.954. The average Bonchev–Trinajstić information content (AvgIpc) is 3.21. The normalized spacial score (nSPS) is 16.5. The van der Waals surface area contributed by atoms with E-state index in [-0.39, 0.29) is 37.7 Å². The number of rotatable bonds is 10. The van der Waals surface area contributed by atoms with Gasteiger partial charge in [-0.3, -0.25) is 19.3 Å². The fraction of sp³-hybridized carbons (Fsp3) is 0.423. The number of methoxy groups -OCH3 is 1. The highest BCUT2D eigenvalue weighted by atomic mass is 19.1. The van der Waals surface area contributed by atoms with Crippen LogP contribution in [0.25, 0.3) is 0 Å². The molecule has 0 saturated carbocycles. The summed E-state index contributed by atoms with van der Waals surface area (Å²) in [7, 11) is 1.26. The molecule has 2 N–H and O–H groups in total. The number of fused-ring (bicyclic) bond motifs is 1. The molecule has 0 bridgehead atoms. The molecule has 1 fully saturated rings. The van der Waals surface area contributed by atoms with Gasteiger partial charge in [-0.15, -0.1) is 0 Å². The Morgan fingerprint density at radius 3 is 2.67 bits per heavy atom. The van der Waals surface area contributed by atoms with E-state index in [0.717, 1.165) is 13.1 Å². The summed E-state index contributed by atoms with van der Waals surface area (Å²) >= 11 is 0. The zero-order chi connectivity index (χ0) is 25.7. The highest BCUT2D eigenvalue weighted by Crippen LogP contribution is 2.33. The second kappa shape index (κ2) is 11.5. The Kier molecular flexibility index (Phi) is 8.17. The van der Waals surface area contributed by atoms with E-state index in [9.17, 15) is 18.8 Å². The van der Waals surface area contributed by atoms with Crippen molar-refractivity contribution in [1.29, 1.82) is 0 Å². The van der Waals surface area contributed by atoms with Crippen LogP contribution in [-0.4, -0.2) is 67.0 Å². The number of carbonyl (C=O) groups is 3. The molecule has 10 heteroatoms. The lowest BCUT2D eigenvalue weighted by Crippen LogP contribution is -2.45. The van der Waals surface area contributed by atoms with E-state index in [4.69, 9.17) is 15.2 Å². The van der Waals surface area contributed by atoms with Crippen LogP contribution >= 0.6 is 0 Å². The Morgan fingerprint density at radius 1 is 1.19 bits per heavy atom. The Morgan fingerprint density at radius 2 is 1.97 bits per heavy atom. The zero-order valence-electron chi connectivity index (χ0n) is 20.2. The molecule has 2 aliphatic heterocycles. The number of benzene rings is 2. The molecule has 1 atom stereocenters. The molecule has 0 spiro atoms. The van der Waals surface area contributed by atoms with Crippen LogP contribution in [0.5, 0.6) is 5.75 Å². The summed E-state index contributed by atoms with van der Waals surface area (Å²) in [6, 6.07) is 9.18. The Hall–Kier alpha value is -3.50. The fourth-order valence-electron chi connectivity index (χ4n) is 4.49. The van der Waals surface area contributed by atoms with Crippen LogP contribution in [0.2, 0.25) is 0 Å². The molecule has 2 amide bonds. The molecule has 2 aromatic carbocycles. The minimum Gasteiger partial charge on any atom is -0.489 e. The third-order valence-corrected chi connectivity index (χ3v) is 6.52. The first-order chi connectivity index (χ1) is 17.4. The molecule has 0 aromatic heterocycles. The molecule has 4 rings (SSSR count). The lowest BCUT2D eigenvalue weighted by molar-refractivity contribution is -0.141. The molecule has 9 nitrogen and oxygen atoms in total. The maximum absolute atomic E-state index is 14.7. The second-order valence-electron chi connectivity index (χ2n) is 8.85. The summed E-state index contributed by atoms with van der Waals surface area (Å²) in [5, 5.41) is 0. The van der Waals surface area contributed by atoms with E-state index in [2.05, 4.69) is 9.64 Å². The number of hydrogen-bond donors (Lipinski definition) is 1. The van der Waals surface area contributed by atoms with E-state index in [0.29, 0.717) is 47.8 Å². The number of hydrogen-bond acceptors (Lipinski definition) is 7. The van der Waals surface area contributed by atoms with Gasteiger partial charge in [0.05, 0.1) is 26.9 Å². The maximum Gasteiger partial charge on any atom is 0.305 e. The van der Waals surface area contributed by atoms with Gasteiger partial charge in [0.1, 0.15) is 24.2 Å². The van der Waals surface area contributed by atoms with Gasteiger partial charge in [-0.25, -0.2) is 4.39 Å². The Balaban J connectivity index is 1.43. The van der Waals surface area contributed by atoms with Crippen LogP contribution in [0.1, 0.15) is 39.9 Å². The fourth-order valence-corrected chi connectivity index (χ4v) is 4.49. The molecule has 2 heterocycles. The van der Waals surface area contributed by atoms with Crippen LogP contribution < -0.4 is 10.5 Å². The molecule has 1 saturated heterocycles. The zero-order valence-corrected chi connectivity index (χ0v) is 20.2. The van der Waals surface area contributed by atoms with E-state index >= 15 is 0 Å². The Bertz CT molecular complexity index is 1130. The van der Waals surface area contributed by atoms with Crippen LogP contribution in [0.4, 0.5) is 4.39 Å². The second-order valence-corrected chi connectivity index (χ2v) is 8.85. The number of amides is 2. The summed E-state index contributed by atoms with van der Waals surface area (Å²) in [6.45, 7) is 3.61. The van der Waals surface area contributed by atoms with Crippen molar-refractivity contribution in [3.63, 3.8) is 0 Å². The molecular formula is C26H30FN3O6. The van der Waals surface area contributed by atoms with E-state index < -0.39 is 17.9 Å². The van der Waals surface area contributed by atoms with Crippen molar-refractivity contribution < 1.29 is 33.0 Å². The number of carbonyl (C=O) groups excluding carboxylic acids is 3. The van der Waals surface area contributed by atoms with Gasteiger partial charge in [0.25, 0.3) is 5.91 Å². The van der Waals surface area contributed by atoms with Gasteiger partial charge in [0.2, 0.25) is 5.91 Å². The van der Waals surface area contributed by atoms with E-state index in [1.807, 2.05) is 6.07 Å². The van der Waals surface area contributed by atoms with Gasteiger partial charge in [-0.1, -0.05) is 18.2 Å². The van der Waals surface area contributed by atoms with Crippen LogP contribution in [0, 0.1) is 5.82 Å². The van der Waals surface area contributed by atoms with Gasteiger partial charge in [-0.05, 0) is 30.2 Å². The molecule has 36 heavy (non-hydrogen) atoms. The third kappa shape index (κ3) is 5.83. The van der Waals surface area contributed by atoms with Gasteiger partial charge >= 0.3 is 5.97 Å². The highest BCUT2D eigenvalue weighted by molar-refractivity contribution is 6.01. The van der Waals surface area contributed by atoms with Crippen LogP contribution in [-0.2, 0) is 38.8 Å². The number of halogens is 1. The summed E-state index contributed by atoms with van der Waals surface area (Å²) in [5.74, 6) is -1.37. The minimum absolute atomic E-state index is 0.0410. The lowest BCUT2D eigenvalue weighted by atomic mass is 10.1. The molecule has 2 aromatic rings. The monoisotopic (exact) mass is 499 g/mol. The van der Waals surface area contributed by atoms with Crippen molar-refractivity contribution in [2.24, 2.45) is 5.73 Å². The average molecular weight is 500 g/mol. The summed E-state index contributed by atoms with van der Waals surface area (Å²) < 4.78 is 30.7. The van der Waals surface area contributed by atoms with Crippen LogP contribution in [0.15, 0.2) is 36.4 Å². The number of nitrogens with two attached hydrogens (primary N) is 1. The summed E-state index contributed by atoms with van der Waals surface area (Å²) in [4.78, 5) is 40.1. The third-order valence-electron chi connectivity index (χ3n) is 6.52. The van der Waals surface area contributed by atoms with Crippen molar-refractivity contribution in [3.05, 3.63) is 64.5 Å². The van der Waals surface area contributed by atoms with Gasteiger partial charge in [0, 0.05) is 42.7 Å². The van der Waals surface area contributed by atoms with Crippen molar-refractivity contribution in [2.75, 3.05) is 33.4 Å². The maximum atomic E-state index is 14.7. The van der Waals surface area contributed by atoms with Gasteiger partial charge < -0.3 is 24.8 Å². The molecule has 0 aliphatic carbocycles. The smallest absolute Gasteiger partial charge is 0.305 e. The molecule has 0 radical (unpaired) electrons. The van der Waals surface area contributed by atoms with Crippen LogP contribution in [0.3, 0.4) is 0 Å². The SMILES string of the molecule is COC(=O)CCC(C(N)=O)N1Cc2c(OCc3ccc(CN4CCOCC4)c(F)c3)cccc2C1=O. The first kappa shape index (κ1) is 25.6. The van der Waals surface area contributed by atoms with Crippen molar-refractivity contribution >= 4 is 17.8 Å². The van der Waals surface area contributed by atoms with E-state index in [1.165, 1.54) is 18.1 Å². The first-order valence-corrected chi connectivity index (χ1v) is 11.9. The van der Waals surface area contributed by atoms with Crippen molar-refractivity contribution in [2.45, 2.75) is 38.6 Å². The molecule has 2 aliphatic rings. The standard InChI is InChI=1S/C26H30FN3O6/c1-34-24(31)8-7-22(25(28)32)30-15-20-19(26(30)33)3-2-4-23(20)36-16-17-5-6-18(21(27)13-17)14-29-9-11-35-12-10-29/h2-6,13,22H,7-12,14-16H2,1H3,(H2,28,32). The number of ether oxygens (including phenoxy) is 3. The van der Waals surface area contributed by atoms with E-state index in [1.54, 1.807) is 24.3 Å². The van der Waals surface area contributed by atoms with Gasteiger partial charge in [-0.2, -0.15) is 0 Å². The largest absolute Gasteiger partial charge is 0.489 e. The molecule has 1 unspecified atom stereocenters. The topological polar surface area (TPSA) is 111 Å². The highest BCUT2D eigenvalue weighted by Gasteiger charge is 2.37. The predicted octanol–water partition coefficient (Wildman–Crippen LogP) is 2.00. The summed E-state index contributed by atoms with van der Waals surface area (Å²) in [6.07, 6.45) is 0.0225.